The minimum atomic E-state index is 0.0969. The Balaban J connectivity index is 2.21. The highest BCUT2D eigenvalue weighted by Gasteiger charge is 2.24. The van der Waals surface area contributed by atoms with Crippen molar-refractivity contribution in [1.29, 1.82) is 0 Å². The number of hydrogen-bond donors (Lipinski definition) is 1. The zero-order valence-corrected chi connectivity index (χ0v) is 9.73. The summed E-state index contributed by atoms with van der Waals surface area (Å²) in [4.78, 5) is 18.4. The number of amides is 1. The summed E-state index contributed by atoms with van der Waals surface area (Å²) in [5, 5.41) is 3.28. The van der Waals surface area contributed by atoms with Crippen LogP contribution >= 0.6 is 0 Å². The lowest BCUT2D eigenvalue weighted by Gasteiger charge is -2.34. The number of carbonyl (C=O) groups excluding carboxylic acids is 1. The van der Waals surface area contributed by atoms with E-state index in [1.165, 1.54) is 0 Å². The Morgan fingerprint density at radius 3 is 3.12 bits per heavy atom. The summed E-state index contributed by atoms with van der Waals surface area (Å²) in [6.07, 6.45) is 1.72. The van der Waals surface area contributed by atoms with Gasteiger partial charge in [0.15, 0.2) is 0 Å². The number of rotatable bonds is 1. The van der Waals surface area contributed by atoms with Crippen LogP contribution in [0.1, 0.15) is 23.0 Å². The highest BCUT2D eigenvalue weighted by molar-refractivity contribution is 5.95. The maximum atomic E-state index is 12.3. The van der Waals surface area contributed by atoms with Gasteiger partial charge in [0.2, 0.25) is 0 Å². The summed E-state index contributed by atoms with van der Waals surface area (Å²) in [7, 11) is 0. The zero-order chi connectivity index (χ0) is 11.5. The van der Waals surface area contributed by atoms with Crippen LogP contribution in [-0.4, -0.2) is 41.5 Å². The lowest BCUT2D eigenvalue weighted by Crippen LogP contribution is -2.52. The van der Waals surface area contributed by atoms with Crippen molar-refractivity contribution in [2.75, 3.05) is 19.6 Å². The summed E-state index contributed by atoms with van der Waals surface area (Å²) in [6.45, 7) is 6.45. The molecule has 2 rings (SSSR count). The van der Waals surface area contributed by atoms with Crippen molar-refractivity contribution in [2.24, 2.45) is 0 Å². The fraction of sp³-hybridized carbons (Fsp3) is 0.500. The first-order chi connectivity index (χ1) is 7.70. The standard InChI is InChI=1S/C12H17N3O/c1-9-8-13-6-7-15(9)12(16)11-4-3-5-14-10(11)2/h3-5,9,13H,6-8H2,1-2H3. The van der Waals surface area contributed by atoms with E-state index in [9.17, 15) is 4.79 Å². The molecule has 1 aromatic heterocycles. The van der Waals surface area contributed by atoms with E-state index in [0.717, 1.165) is 30.9 Å². The number of aromatic nitrogens is 1. The highest BCUT2D eigenvalue weighted by Crippen LogP contribution is 2.12. The molecule has 0 radical (unpaired) electrons. The third kappa shape index (κ3) is 2.07. The summed E-state index contributed by atoms with van der Waals surface area (Å²) in [6, 6.07) is 3.91. The first kappa shape index (κ1) is 11.1. The van der Waals surface area contributed by atoms with E-state index in [1.807, 2.05) is 24.0 Å². The first-order valence-electron chi connectivity index (χ1n) is 5.63. The van der Waals surface area contributed by atoms with Crippen LogP contribution in [-0.2, 0) is 0 Å². The molecule has 1 saturated heterocycles. The molecule has 1 fully saturated rings. The predicted octanol–water partition coefficient (Wildman–Crippen LogP) is 0.824. The van der Waals surface area contributed by atoms with E-state index in [1.54, 1.807) is 6.20 Å². The number of aryl methyl sites for hydroxylation is 1. The monoisotopic (exact) mass is 219 g/mol. The number of pyridine rings is 1. The van der Waals surface area contributed by atoms with Crippen LogP contribution < -0.4 is 5.32 Å². The second kappa shape index (κ2) is 4.61. The van der Waals surface area contributed by atoms with Gasteiger partial charge in [-0.05, 0) is 26.0 Å². The van der Waals surface area contributed by atoms with Gasteiger partial charge in [-0.15, -0.1) is 0 Å². The number of nitrogens with one attached hydrogen (secondary N) is 1. The Morgan fingerprint density at radius 2 is 2.44 bits per heavy atom. The van der Waals surface area contributed by atoms with Gasteiger partial charge < -0.3 is 10.2 Å². The predicted molar refractivity (Wildman–Crippen MR) is 62.3 cm³/mol. The number of nitrogens with zero attached hydrogens (tertiary/aromatic N) is 2. The van der Waals surface area contributed by atoms with Gasteiger partial charge in [0, 0.05) is 37.6 Å². The normalized spacial score (nSPS) is 20.9. The fourth-order valence-corrected chi connectivity index (χ4v) is 2.01. The molecule has 0 spiro atoms. The average Bonchev–Trinajstić information content (AvgIpc) is 2.29. The van der Waals surface area contributed by atoms with Gasteiger partial charge in [0.05, 0.1) is 5.56 Å². The fourth-order valence-electron chi connectivity index (χ4n) is 2.01. The molecule has 2 heterocycles. The third-order valence-corrected chi connectivity index (χ3v) is 3.00. The van der Waals surface area contributed by atoms with Crippen LogP contribution in [0.4, 0.5) is 0 Å². The number of carbonyl (C=O) groups is 1. The van der Waals surface area contributed by atoms with Crippen molar-refractivity contribution < 1.29 is 4.79 Å². The molecule has 1 aliphatic rings. The van der Waals surface area contributed by atoms with E-state index in [4.69, 9.17) is 0 Å². The smallest absolute Gasteiger partial charge is 0.256 e. The molecule has 0 aromatic carbocycles. The van der Waals surface area contributed by atoms with E-state index < -0.39 is 0 Å². The summed E-state index contributed by atoms with van der Waals surface area (Å²) in [5.41, 5.74) is 1.52. The molecule has 1 unspecified atom stereocenters. The molecule has 0 saturated carbocycles. The van der Waals surface area contributed by atoms with Crippen molar-refractivity contribution >= 4 is 5.91 Å². The van der Waals surface area contributed by atoms with Crippen molar-refractivity contribution in [3.8, 4) is 0 Å². The Hall–Kier alpha value is -1.42. The molecule has 0 aliphatic carbocycles. The Kier molecular flexibility index (Phi) is 3.19. The molecule has 0 bridgehead atoms. The lowest BCUT2D eigenvalue weighted by molar-refractivity contribution is 0.0654. The van der Waals surface area contributed by atoms with E-state index in [2.05, 4.69) is 17.2 Å². The maximum absolute atomic E-state index is 12.3. The van der Waals surface area contributed by atoms with Crippen molar-refractivity contribution in [3.63, 3.8) is 0 Å². The number of piperazine rings is 1. The molecular formula is C12H17N3O. The first-order valence-corrected chi connectivity index (χ1v) is 5.63. The molecule has 1 N–H and O–H groups in total. The van der Waals surface area contributed by atoms with Crippen LogP contribution in [0.5, 0.6) is 0 Å². The van der Waals surface area contributed by atoms with E-state index >= 15 is 0 Å². The minimum absolute atomic E-state index is 0.0969. The Labute approximate surface area is 95.7 Å². The molecule has 16 heavy (non-hydrogen) atoms. The van der Waals surface area contributed by atoms with Crippen LogP contribution in [0, 0.1) is 6.92 Å². The number of hydrogen-bond acceptors (Lipinski definition) is 3. The lowest BCUT2D eigenvalue weighted by atomic mass is 10.1. The second-order valence-electron chi connectivity index (χ2n) is 4.19. The van der Waals surface area contributed by atoms with Crippen molar-refractivity contribution in [1.82, 2.24) is 15.2 Å². The van der Waals surface area contributed by atoms with Crippen LogP contribution in [0.25, 0.3) is 0 Å². The molecular weight excluding hydrogens is 202 g/mol. The molecule has 1 aliphatic heterocycles. The van der Waals surface area contributed by atoms with Gasteiger partial charge in [0.1, 0.15) is 0 Å². The SMILES string of the molecule is Cc1ncccc1C(=O)N1CCNCC1C. The van der Waals surface area contributed by atoms with Crippen molar-refractivity contribution in [2.45, 2.75) is 19.9 Å². The maximum Gasteiger partial charge on any atom is 0.256 e. The van der Waals surface area contributed by atoms with E-state index in [-0.39, 0.29) is 11.9 Å². The molecule has 86 valence electrons. The highest BCUT2D eigenvalue weighted by atomic mass is 16.2. The summed E-state index contributed by atoms with van der Waals surface area (Å²) < 4.78 is 0. The summed E-state index contributed by atoms with van der Waals surface area (Å²) >= 11 is 0. The summed E-state index contributed by atoms with van der Waals surface area (Å²) in [5.74, 6) is 0.0969. The molecule has 4 nitrogen and oxygen atoms in total. The van der Waals surface area contributed by atoms with Gasteiger partial charge in [-0.3, -0.25) is 9.78 Å². The molecule has 1 amide bonds. The quantitative estimate of drug-likeness (QED) is 0.760. The molecule has 1 atom stereocenters. The molecule has 1 aromatic rings. The van der Waals surface area contributed by atoms with Gasteiger partial charge in [0.25, 0.3) is 5.91 Å². The van der Waals surface area contributed by atoms with Crippen LogP contribution in [0.15, 0.2) is 18.3 Å². The van der Waals surface area contributed by atoms with Gasteiger partial charge in [-0.25, -0.2) is 0 Å². The Bertz CT molecular complexity index is 392. The van der Waals surface area contributed by atoms with Crippen LogP contribution in [0.2, 0.25) is 0 Å². The van der Waals surface area contributed by atoms with Gasteiger partial charge in [-0.1, -0.05) is 0 Å². The van der Waals surface area contributed by atoms with Gasteiger partial charge in [-0.2, -0.15) is 0 Å². The molecule has 4 heteroatoms. The van der Waals surface area contributed by atoms with Crippen LogP contribution in [0.3, 0.4) is 0 Å². The second-order valence-corrected chi connectivity index (χ2v) is 4.19. The topological polar surface area (TPSA) is 45.2 Å². The largest absolute Gasteiger partial charge is 0.333 e. The van der Waals surface area contributed by atoms with Crippen molar-refractivity contribution in [3.05, 3.63) is 29.6 Å². The zero-order valence-electron chi connectivity index (χ0n) is 9.73. The Morgan fingerprint density at radius 1 is 1.62 bits per heavy atom. The minimum Gasteiger partial charge on any atom is -0.333 e. The average molecular weight is 219 g/mol. The third-order valence-electron chi connectivity index (χ3n) is 3.00. The van der Waals surface area contributed by atoms with E-state index in [0.29, 0.717) is 0 Å². The van der Waals surface area contributed by atoms with Gasteiger partial charge >= 0.3 is 0 Å².